The summed E-state index contributed by atoms with van der Waals surface area (Å²) in [5.74, 6) is -0.536. The maximum atomic E-state index is 13.1. The van der Waals surface area contributed by atoms with Gasteiger partial charge in [-0.2, -0.15) is 0 Å². The number of para-hydroxylation sites is 1. The highest BCUT2D eigenvalue weighted by Gasteiger charge is 2.41. The number of carbonyl (C=O) groups excluding carboxylic acids is 2. The minimum atomic E-state index is -1.44. The van der Waals surface area contributed by atoms with E-state index in [1.165, 1.54) is 24.8 Å². The molecule has 2 aromatic carbocycles. The summed E-state index contributed by atoms with van der Waals surface area (Å²) in [5.41, 5.74) is 1.96. The number of halogens is 1. The van der Waals surface area contributed by atoms with Crippen molar-refractivity contribution in [2.24, 2.45) is 0 Å². The minimum absolute atomic E-state index is 0.0604. The first-order valence-corrected chi connectivity index (χ1v) is 13.1. The number of anilines is 1. The molecule has 3 rings (SSSR count). The second kappa shape index (κ2) is 10.2. The Morgan fingerprint density at radius 2 is 1.76 bits per heavy atom. The number of amides is 1. The molecule has 29 heavy (non-hydrogen) atoms. The normalized spacial score (nSPS) is 15.5. The standard InChI is InChI=1S/C23H27ClNO3P/c1-2-28-23(27)19-12-9-13-20(24)22(19)25-21(26)17-29(14-7-4-8-15-29)16-18-10-5-3-6-11-18/h3,5-6,9-13H,2,4,7-8,14-17H2,1H3/p+1. The molecule has 0 spiro atoms. The van der Waals surface area contributed by atoms with Gasteiger partial charge in [0.05, 0.1) is 41.4 Å². The zero-order chi connectivity index (χ0) is 20.7. The Morgan fingerprint density at radius 3 is 2.45 bits per heavy atom. The molecule has 1 amide bonds. The predicted octanol–water partition coefficient (Wildman–Crippen LogP) is 5.86. The number of rotatable bonds is 7. The van der Waals surface area contributed by atoms with Gasteiger partial charge >= 0.3 is 5.97 Å². The minimum Gasteiger partial charge on any atom is -0.462 e. The molecule has 0 bridgehead atoms. The SMILES string of the molecule is CCOC(=O)c1cccc(Cl)c1NC(=O)C[P+]1(Cc2ccccc2)CCCCC1. The van der Waals surface area contributed by atoms with Crippen LogP contribution in [0.4, 0.5) is 5.69 Å². The van der Waals surface area contributed by atoms with Crippen LogP contribution < -0.4 is 5.32 Å². The summed E-state index contributed by atoms with van der Waals surface area (Å²) in [6, 6.07) is 15.5. The lowest BCUT2D eigenvalue weighted by molar-refractivity contribution is -0.113. The van der Waals surface area contributed by atoms with Gasteiger partial charge in [0.15, 0.2) is 0 Å². The highest BCUT2D eigenvalue weighted by Crippen LogP contribution is 2.64. The fourth-order valence-corrected chi connectivity index (χ4v) is 8.69. The predicted molar refractivity (Wildman–Crippen MR) is 122 cm³/mol. The molecule has 1 N–H and O–H groups in total. The van der Waals surface area contributed by atoms with Gasteiger partial charge in [-0.25, -0.2) is 4.79 Å². The van der Waals surface area contributed by atoms with Crippen molar-refractivity contribution in [3.8, 4) is 0 Å². The van der Waals surface area contributed by atoms with E-state index in [1.807, 2.05) is 6.07 Å². The third kappa shape index (κ3) is 5.81. The van der Waals surface area contributed by atoms with Crippen LogP contribution in [0.3, 0.4) is 0 Å². The average Bonchev–Trinajstić information content (AvgIpc) is 2.71. The summed E-state index contributed by atoms with van der Waals surface area (Å²) < 4.78 is 5.11. The summed E-state index contributed by atoms with van der Waals surface area (Å²) in [4.78, 5) is 25.3. The molecule has 1 heterocycles. The van der Waals surface area contributed by atoms with Gasteiger partial charge in [-0.05, 0) is 43.9 Å². The third-order valence-corrected chi connectivity index (χ3v) is 10.2. The van der Waals surface area contributed by atoms with Gasteiger partial charge in [-0.15, -0.1) is 0 Å². The Balaban J connectivity index is 1.78. The van der Waals surface area contributed by atoms with Gasteiger partial charge in [0.25, 0.3) is 5.91 Å². The van der Waals surface area contributed by atoms with Crippen molar-refractivity contribution in [1.29, 1.82) is 0 Å². The topological polar surface area (TPSA) is 55.4 Å². The highest BCUT2D eigenvalue weighted by molar-refractivity contribution is 7.76. The molecule has 0 aromatic heterocycles. The summed E-state index contributed by atoms with van der Waals surface area (Å²) in [7, 11) is -1.44. The van der Waals surface area contributed by atoms with E-state index in [0.717, 1.165) is 18.5 Å². The Hall–Kier alpha value is -1.90. The van der Waals surface area contributed by atoms with Crippen LogP contribution in [-0.4, -0.2) is 37.0 Å². The van der Waals surface area contributed by atoms with E-state index < -0.39 is 13.2 Å². The van der Waals surface area contributed by atoms with Crippen molar-refractivity contribution in [2.45, 2.75) is 32.3 Å². The Labute approximate surface area is 178 Å². The second-order valence-electron chi connectivity index (χ2n) is 7.58. The van der Waals surface area contributed by atoms with Gasteiger partial charge in [0, 0.05) is 7.26 Å². The molecule has 1 aliphatic heterocycles. The van der Waals surface area contributed by atoms with E-state index in [2.05, 4.69) is 29.6 Å². The van der Waals surface area contributed by atoms with E-state index in [0.29, 0.717) is 22.4 Å². The molecular weight excluding hydrogens is 405 g/mol. The highest BCUT2D eigenvalue weighted by atomic mass is 35.5. The van der Waals surface area contributed by atoms with Crippen molar-refractivity contribution in [1.82, 2.24) is 0 Å². The fraction of sp³-hybridized carbons (Fsp3) is 0.391. The number of benzene rings is 2. The maximum Gasteiger partial charge on any atom is 0.340 e. The molecule has 1 fully saturated rings. The monoisotopic (exact) mass is 432 g/mol. The smallest absolute Gasteiger partial charge is 0.340 e. The van der Waals surface area contributed by atoms with Gasteiger partial charge in [-0.3, -0.25) is 4.79 Å². The van der Waals surface area contributed by atoms with E-state index >= 15 is 0 Å². The first kappa shape index (κ1) is 21.8. The van der Waals surface area contributed by atoms with Crippen LogP contribution in [0.1, 0.15) is 42.1 Å². The molecule has 4 nitrogen and oxygen atoms in total. The van der Waals surface area contributed by atoms with E-state index in [-0.39, 0.29) is 12.5 Å². The fourth-order valence-electron chi connectivity index (χ4n) is 4.04. The van der Waals surface area contributed by atoms with Gasteiger partial charge in [0.1, 0.15) is 6.16 Å². The van der Waals surface area contributed by atoms with Gasteiger partial charge in [-0.1, -0.05) is 48.0 Å². The molecule has 1 aliphatic rings. The molecule has 2 aromatic rings. The van der Waals surface area contributed by atoms with Crippen LogP contribution in [0, 0.1) is 0 Å². The molecular formula is C23H28ClNO3P+. The average molecular weight is 433 g/mol. The van der Waals surface area contributed by atoms with Crippen LogP contribution in [0.15, 0.2) is 48.5 Å². The van der Waals surface area contributed by atoms with Crippen molar-refractivity contribution < 1.29 is 14.3 Å². The van der Waals surface area contributed by atoms with Crippen molar-refractivity contribution >= 4 is 36.4 Å². The Kier molecular flexibility index (Phi) is 7.69. The van der Waals surface area contributed by atoms with Crippen molar-refractivity contribution in [3.05, 3.63) is 64.7 Å². The molecule has 0 unspecified atom stereocenters. The number of carbonyl (C=O) groups is 2. The number of hydrogen-bond acceptors (Lipinski definition) is 3. The summed E-state index contributed by atoms with van der Waals surface area (Å²) in [5, 5.41) is 3.28. The first-order chi connectivity index (χ1) is 14.0. The Morgan fingerprint density at radius 1 is 1.03 bits per heavy atom. The van der Waals surface area contributed by atoms with Gasteiger partial charge < -0.3 is 10.1 Å². The summed E-state index contributed by atoms with van der Waals surface area (Å²) in [6.07, 6.45) is 7.42. The van der Waals surface area contributed by atoms with Crippen molar-refractivity contribution in [3.63, 3.8) is 0 Å². The van der Waals surface area contributed by atoms with Crippen LogP contribution in [0.2, 0.25) is 5.02 Å². The van der Waals surface area contributed by atoms with Crippen LogP contribution in [-0.2, 0) is 15.7 Å². The largest absolute Gasteiger partial charge is 0.462 e. The maximum absolute atomic E-state index is 13.1. The zero-order valence-electron chi connectivity index (χ0n) is 16.8. The van der Waals surface area contributed by atoms with Crippen molar-refractivity contribution in [2.75, 3.05) is 30.4 Å². The number of ether oxygens (including phenoxy) is 1. The van der Waals surface area contributed by atoms with E-state index in [1.54, 1.807) is 25.1 Å². The first-order valence-electron chi connectivity index (χ1n) is 10.2. The van der Waals surface area contributed by atoms with Crippen LogP contribution in [0.25, 0.3) is 0 Å². The lowest BCUT2D eigenvalue weighted by Gasteiger charge is -2.30. The number of esters is 1. The molecule has 154 valence electrons. The lowest BCUT2D eigenvalue weighted by Crippen LogP contribution is -2.25. The van der Waals surface area contributed by atoms with Crippen LogP contribution in [0.5, 0.6) is 0 Å². The lowest BCUT2D eigenvalue weighted by atomic mass is 10.1. The molecule has 0 atom stereocenters. The molecule has 0 radical (unpaired) electrons. The van der Waals surface area contributed by atoms with E-state index in [4.69, 9.17) is 16.3 Å². The molecule has 0 aliphatic carbocycles. The summed E-state index contributed by atoms with van der Waals surface area (Å²) >= 11 is 6.31. The second-order valence-corrected chi connectivity index (χ2v) is 12.2. The quantitative estimate of drug-likeness (QED) is 0.440. The number of hydrogen-bond donors (Lipinski definition) is 1. The zero-order valence-corrected chi connectivity index (χ0v) is 18.5. The van der Waals surface area contributed by atoms with Gasteiger partial charge in [0.2, 0.25) is 0 Å². The van der Waals surface area contributed by atoms with E-state index in [9.17, 15) is 9.59 Å². The molecule has 1 saturated heterocycles. The third-order valence-electron chi connectivity index (χ3n) is 5.38. The van der Waals surface area contributed by atoms with Crippen LogP contribution >= 0.6 is 18.9 Å². The molecule has 0 saturated carbocycles. The summed E-state index contributed by atoms with van der Waals surface area (Å²) in [6.45, 7) is 2.02. The molecule has 6 heteroatoms. The number of nitrogens with one attached hydrogen (secondary N) is 1. The Bertz CT molecular complexity index is 850.